The Kier molecular flexibility index (Phi) is 4.38. The zero-order valence-electron chi connectivity index (χ0n) is 10.6. The number of nitrogens with zero attached hydrogens (tertiary/aromatic N) is 3. The van der Waals surface area contributed by atoms with E-state index in [1.165, 1.54) is 4.68 Å². The van der Waals surface area contributed by atoms with E-state index in [1.807, 2.05) is 5.43 Å². The molecule has 0 spiro atoms. The monoisotopic (exact) mass is 255 g/mol. The van der Waals surface area contributed by atoms with Crippen molar-refractivity contribution in [1.82, 2.24) is 15.2 Å². The average Bonchev–Trinajstić information content (AvgIpc) is 2.75. The van der Waals surface area contributed by atoms with Crippen molar-refractivity contribution in [1.29, 1.82) is 0 Å². The normalized spacial score (nSPS) is 12.2. The first-order valence-electron chi connectivity index (χ1n) is 5.72. The molecular formula is C10H17N5O3. The number of aryl methyl sites for hydroxylation is 1. The van der Waals surface area contributed by atoms with E-state index in [1.54, 1.807) is 20.8 Å². The standard InChI is InChI=1S/C10H17N5O3/c1-4-7-9(15(17)18)8(5-2)14(13-7)6(3)10(16)12-11/h6H,4-5,11H2,1-3H3,(H,12,16). The van der Waals surface area contributed by atoms with Crippen LogP contribution in [0.4, 0.5) is 5.69 Å². The minimum atomic E-state index is -0.677. The molecule has 1 unspecified atom stereocenters. The third-order valence-electron chi connectivity index (χ3n) is 2.79. The predicted molar refractivity (Wildman–Crippen MR) is 64.7 cm³/mol. The Morgan fingerprint density at radius 3 is 2.56 bits per heavy atom. The molecule has 0 saturated heterocycles. The Hall–Kier alpha value is -1.96. The van der Waals surface area contributed by atoms with Gasteiger partial charge in [0.1, 0.15) is 17.4 Å². The highest BCUT2D eigenvalue weighted by molar-refractivity contribution is 5.79. The molecule has 1 aromatic rings. The molecule has 0 radical (unpaired) electrons. The molecule has 0 aliphatic rings. The maximum Gasteiger partial charge on any atom is 0.313 e. The summed E-state index contributed by atoms with van der Waals surface area (Å²) in [4.78, 5) is 22.1. The number of hydrazine groups is 1. The molecule has 18 heavy (non-hydrogen) atoms. The molecule has 1 aromatic heterocycles. The summed E-state index contributed by atoms with van der Waals surface area (Å²) >= 11 is 0. The molecule has 0 aromatic carbocycles. The maximum atomic E-state index is 11.5. The van der Waals surface area contributed by atoms with Gasteiger partial charge in [0.05, 0.1) is 4.92 Å². The second-order valence-electron chi connectivity index (χ2n) is 3.84. The number of nitrogens with one attached hydrogen (secondary N) is 1. The molecule has 1 heterocycles. The molecule has 1 amide bonds. The van der Waals surface area contributed by atoms with Crippen LogP contribution in [-0.2, 0) is 17.6 Å². The SMILES string of the molecule is CCc1nn(C(C)C(=O)NN)c(CC)c1[N+](=O)[O-]. The second kappa shape index (κ2) is 5.58. The van der Waals surface area contributed by atoms with Gasteiger partial charge in [0.25, 0.3) is 5.91 Å². The van der Waals surface area contributed by atoms with Gasteiger partial charge in [0.2, 0.25) is 0 Å². The maximum absolute atomic E-state index is 11.5. The van der Waals surface area contributed by atoms with E-state index in [0.29, 0.717) is 24.2 Å². The largest absolute Gasteiger partial charge is 0.313 e. The number of nitrogens with two attached hydrogens (primary N) is 1. The van der Waals surface area contributed by atoms with Crippen molar-refractivity contribution in [2.75, 3.05) is 0 Å². The van der Waals surface area contributed by atoms with Gasteiger partial charge in [0, 0.05) is 0 Å². The van der Waals surface area contributed by atoms with Gasteiger partial charge in [-0.15, -0.1) is 0 Å². The lowest BCUT2D eigenvalue weighted by Gasteiger charge is -2.12. The number of hydrogen-bond donors (Lipinski definition) is 2. The van der Waals surface area contributed by atoms with Gasteiger partial charge in [-0.05, 0) is 19.8 Å². The third-order valence-corrected chi connectivity index (χ3v) is 2.79. The highest BCUT2D eigenvalue weighted by Gasteiger charge is 2.29. The number of amides is 1. The molecule has 3 N–H and O–H groups in total. The number of rotatable bonds is 5. The van der Waals surface area contributed by atoms with Crippen LogP contribution in [0.15, 0.2) is 0 Å². The summed E-state index contributed by atoms with van der Waals surface area (Å²) < 4.78 is 1.37. The van der Waals surface area contributed by atoms with Crippen LogP contribution in [0.25, 0.3) is 0 Å². The molecule has 1 rings (SSSR count). The second-order valence-corrected chi connectivity index (χ2v) is 3.84. The van der Waals surface area contributed by atoms with Crippen LogP contribution in [-0.4, -0.2) is 20.6 Å². The topological polar surface area (TPSA) is 116 Å². The van der Waals surface area contributed by atoms with Gasteiger partial charge in [-0.3, -0.25) is 20.3 Å². The highest BCUT2D eigenvalue weighted by atomic mass is 16.6. The zero-order valence-corrected chi connectivity index (χ0v) is 10.6. The molecular weight excluding hydrogens is 238 g/mol. The minimum Gasteiger partial charge on any atom is -0.292 e. The van der Waals surface area contributed by atoms with Crippen molar-refractivity contribution >= 4 is 11.6 Å². The van der Waals surface area contributed by atoms with E-state index in [9.17, 15) is 14.9 Å². The fourth-order valence-electron chi connectivity index (χ4n) is 1.84. The predicted octanol–water partition coefficient (Wildman–Crippen LogP) is 0.467. The summed E-state index contributed by atoms with van der Waals surface area (Å²) in [6.45, 7) is 5.16. The van der Waals surface area contributed by atoms with Crippen molar-refractivity contribution in [2.24, 2.45) is 5.84 Å². The van der Waals surface area contributed by atoms with Crippen LogP contribution in [0.1, 0.15) is 38.2 Å². The van der Waals surface area contributed by atoms with E-state index in [2.05, 4.69) is 5.10 Å². The first-order chi connectivity index (χ1) is 8.47. The number of hydrogen-bond acceptors (Lipinski definition) is 5. The average molecular weight is 255 g/mol. The number of carbonyl (C=O) groups is 1. The van der Waals surface area contributed by atoms with E-state index in [4.69, 9.17) is 5.84 Å². The molecule has 0 fully saturated rings. The minimum absolute atomic E-state index is 0.00308. The van der Waals surface area contributed by atoms with Crippen molar-refractivity contribution in [2.45, 2.75) is 39.7 Å². The first kappa shape index (κ1) is 14.1. The summed E-state index contributed by atoms with van der Waals surface area (Å²) in [5.41, 5.74) is 2.84. The lowest BCUT2D eigenvalue weighted by molar-refractivity contribution is -0.386. The van der Waals surface area contributed by atoms with E-state index < -0.39 is 16.9 Å². The molecule has 0 aliphatic heterocycles. The van der Waals surface area contributed by atoms with Crippen molar-refractivity contribution in [3.63, 3.8) is 0 Å². The van der Waals surface area contributed by atoms with Gasteiger partial charge in [-0.25, -0.2) is 10.5 Å². The molecule has 0 aliphatic carbocycles. The van der Waals surface area contributed by atoms with Crippen molar-refractivity contribution in [3.8, 4) is 0 Å². The Labute approximate surface area is 104 Å². The summed E-state index contributed by atoms with van der Waals surface area (Å²) in [5, 5.41) is 15.2. The fraction of sp³-hybridized carbons (Fsp3) is 0.600. The van der Waals surface area contributed by atoms with Crippen molar-refractivity contribution < 1.29 is 9.72 Å². The van der Waals surface area contributed by atoms with Gasteiger partial charge in [-0.2, -0.15) is 5.10 Å². The van der Waals surface area contributed by atoms with Crippen LogP contribution < -0.4 is 11.3 Å². The highest BCUT2D eigenvalue weighted by Crippen LogP contribution is 2.27. The lowest BCUT2D eigenvalue weighted by Crippen LogP contribution is -2.36. The van der Waals surface area contributed by atoms with E-state index >= 15 is 0 Å². The number of carbonyl (C=O) groups excluding carboxylic acids is 1. The smallest absolute Gasteiger partial charge is 0.292 e. The molecule has 8 heteroatoms. The summed E-state index contributed by atoms with van der Waals surface area (Å²) in [6.07, 6.45) is 0.860. The van der Waals surface area contributed by atoms with Gasteiger partial charge in [-0.1, -0.05) is 13.8 Å². The molecule has 1 atom stereocenters. The van der Waals surface area contributed by atoms with Gasteiger partial charge >= 0.3 is 5.69 Å². The van der Waals surface area contributed by atoms with Gasteiger partial charge < -0.3 is 0 Å². The quantitative estimate of drug-likeness (QED) is 0.343. The van der Waals surface area contributed by atoms with E-state index in [-0.39, 0.29) is 5.69 Å². The fourth-order valence-corrected chi connectivity index (χ4v) is 1.84. The van der Waals surface area contributed by atoms with Gasteiger partial charge in [0.15, 0.2) is 0 Å². The number of aromatic nitrogens is 2. The Morgan fingerprint density at radius 1 is 1.56 bits per heavy atom. The Balaban J connectivity index is 3.37. The van der Waals surface area contributed by atoms with Crippen LogP contribution in [0.2, 0.25) is 0 Å². The summed E-state index contributed by atoms with van der Waals surface area (Å²) in [7, 11) is 0. The molecule has 8 nitrogen and oxygen atoms in total. The first-order valence-corrected chi connectivity index (χ1v) is 5.72. The molecule has 100 valence electrons. The third kappa shape index (κ3) is 2.33. The lowest BCUT2D eigenvalue weighted by atomic mass is 10.2. The van der Waals surface area contributed by atoms with Crippen LogP contribution in [0.3, 0.4) is 0 Å². The van der Waals surface area contributed by atoms with Crippen molar-refractivity contribution in [3.05, 3.63) is 21.5 Å². The molecule has 0 bridgehead atoms. The van der Waals surface area contributed by atoms with Crippen LogP contribution in [0.5, 0.6) is 0 Å². The summed E-state index contributed by atoms with van der Waals surface area (Å²) in [5.74, 6) is 4.62. The van der Waals surface area contributed by atoms with E-state index in [0.717, 1.165) is 0 Å². The Bertz CT molecular complexity index is 468. The summed E-state index contributed by atoms with van der Waals surface area (Å²) in [6, 6.07) is -0.677. The van der Waals surface area contributed by atoms with Crippen LogP contribution >= 0.6 is 0 Å². The molecule has 0 saturated carbocycles. The van der Waals surface area contributed by atoms with Crippen LogP contribution in [0, 0.1) is 10.1 Å². The Morgan fingerprint density at radius 2 is 2.17 bits per heavy atom. The number of nitro groups is 1. The zero-order chi connectivity index (χ0) is 13.9.